The number of hydrogen-bond donors (Lipinski definition) is 2. The van der Waals surface area contributed by atoms with Gasteiger partial charge in [0.05, 0.1) is 7.11 Å². The number of nitrogens with one attached hydrogen (secondary N) is 2. The molecule has 0 bridgehead atoms. The average Bonchev–Trinajstić information content (AvgIpc) is 3.16. The Kier molecular flexibility index (Phi) is 6.95. The molecule has 0 saturated carbocycles. The molecule has 1 amide bonds. The Balaban J connectivity index is 1.87. The molecule has 0 saturated heterocycles. The zero-order valence-corrected chi connectivity index (χ0v) is 18.2. The number of methoxy groups -OCH3 is 1. The first-order valence-electron chi connectivity index (χ1n) is 9.42. The van der Waals surface area contributed by atoms with E-state index in [0.717, 1.165) is 26.5 Å². The van der Waals surface area contributed by atoms with E-state index in [4.69, 9.17) is 9.47 Å². The molecule has 0 aliphatic carbocycles. The van der Waals surface area contributed by atoms with Crippen molar-refractivity contribution in [3.63, 3.8) is 0 Å². The lowest BCUT2D eigenvalue weighted by molar-refractivity contribution is -0.148. The predicted molar refractivity (Wildman–Crippen MR) is 119 cm³/mol. The molecular weight excluding hydrogens is 448 g/mol. The van der Waals surface area contributed by atoms with Crippen LogP contribution in [0.25, 0.3) is 10.9 Å². The van der Waals surface area contributed by atoms with Gasteiger partial charge >= 0.3 is 12.1 Å². The third-order valence-corrected chi connectivity index (χ3v) is 5.51. The molecule has 2 aromatic carbocycles. The summed E-state index contributed by atoms with van der Waals surface area (Å²) in [5.41, 5.74) is 1.27. The van der Waals surface area contributed by atoms with Gasteiger partial charge in [-0.05, 0) is 29.7 Å². The van der Waals surface area contributed by atoms with Crippen LogP contribution in [0.4, 0.5) is 4.79 Å². The van der Waals surface area contributed by atoms with E-state index in [0.29, 0.717) is 0 Å². The Morgan fingerprint density at radius 3 is 2.67 bits per heavy atom. The van der Waals surface area contributed by atoms with Crippen LogP contribution in [0.2, 0.25) is 0 Å². The van der Waals surface area contributed by atoms with E-state index in [1.807, 2.05) is 54.7 Å². The number of H-pyrrole nitrogens is 1. The molecule has 3 rings (SSSR count). The number of hydrogen-bond acceptors (Lipinski definition) is 4. The quantitative estimate of drug-likeness (QED) is 0.362. The first kappa shape index (κ1) is 21.6. The van der Waals surface area contributed by atoms with Crippen molar-refractivity contribution in [1.82, 2.24) is 10.3 Å². The fourth-order valence-electron chi connectivity index (χ4n) is 3.44. The lowest BCUT2D eigenvalue weighted by atomic mass is 9.87. The largest absolute Gasteiger partial charge is 0.467 e. The maximum Gasteiger partial charge on any atom is 0.408 e. The summed E-state index contributed by atoms with van der Waals surface area (Å²) >= 11 is 3.56. The van der Waals surface area contributed by atoms with Crippen molar-refractivity contribution in [3.05, 3.63) is 83.0 Å². The zero-order valence-electron chi connectivity index (χ0n) is 16.6. The summed E-state index contributed by atoms with van der Waals surface area (Å²) in [6.45, 7) is 3.85. The fraction of sp³-hybridized carbons (Fsp3) is 0.217. The highest BCUT2D eigenvalue weighted by Crippen LogP contribution is 2.31. The van der Waals surface area contributed by atoms with Crippen molar-refractivity contribution in [1.29, 1.82) is 0 Å². The fourth-order valence-corrected chi connectivity index (χ4v) is 4.06. The van der Waals surface area contributed by atoms with E-state index < -0.39 is 17.6 Å². The SMILES string of the molecule is C=CC[C@](Cc1c[nH]c2cccc(Br)c12)(NC(=O)OCc1ccccc1)C(=O)OC. The number of benzene rings is 2. The Bertz CT molecular complexity index is 1050. The summed E-state index contributed by atoms with van der Waals surface area (Å²) in [6, 6.07) is 15.1. The number of fused-ring (bicyclic) bond motifs is 1. The van der Waals surface area contributed by atoms with Gasteiger partial charge in [-0.15, -0.1) is 6.58 Å². The minimum atomic E-state index is -1.35. The number of aromatic nitrogens is 1. The molecule has 0 radical (unpaired) electrons. The molecule has 0 aliphatic rings. The van der Waals surface area contributed by atoms with Crippen LogP contribution in [0.5, 0.6) is 0 Å². The number of rotatable bonds is 8. The number of esters is 1. The summed E-state index contributed by atoms with van der Waals surface area (Å²) in [7, 11) is 1.29. The van der Waals surface area contributed by atoms with Gasteiger partial charge in [0.15, 0.2) is 0 Å². The molecule has 0 unspecified atom stereocenters. The zero-order chi connectivity index (χ0) is 21.6. The normalized spacial score (nSPS) is 12.7. The van der Waals surface area contributed by atoms with Crippen LogP contribution in [0.15, 0.2) is 71.9 Å². The molecule has 1 atom stereocenters. The van der Waals surface area contributed by atoms with Crippen LogP contribution in [-0.4, -0.2) is 29.7 Å². The van der Waals surface area contributed by atoms with E-state index >= 15 is 0 Å². The van der Waals surface area contributed by atoms with Crippen molar-refractivity contribution in [2.45, 2.75) is 25.0 Å². The van der Waals surface area contributed by atoms with Gasteiger partial charge in [-0.25, -0.2) is 9.59 Å². The Labute approximate surface area is 183 Å². The van der Waals surface area contributed by atoms with Crippen LogP contribution >= 0.6 is 15.9 Å². The molecule has 3 aromatic rings. The van der Waals surface area contributed by atoms with Crippen molar-refractivity contribution in [3.8, 4) is 0 Å². The number of carbonyl (C=O) groups excluding carboxylic acids is 2. The molecule has 1 heterocycles. The molecule has 0 fully saturated rings. The lowest BCUT2D eigenvalue weighted by Crippen LogP contribution is -2.56. The van der Waals surface area contributed by atoms with Gasteiger partial charge in [-0.1, -0.05) is 58.4 Å². The Morgan fingerprint density at radius 2 is 1.97 bits per heavy atom. The Morgan fingerprint density at radius 1 is 1.20 bits per heavy atom. The first-order valence-corrected chi connectivity index (χ1v) is 10.2. The summed E-state index contributed by atoms with van der Waals surface area (Å²) < 4.78 is 11.3. The third kappa shape index (κ3) is 4.74. The minimum absolute atomic E-state index is 0.0939. The standard InChI is InChI=1S/C23H23BrN2O4/c1-3-12-23(21(27)29-2,26-22(28)30-15-16-8-5-4-6-9-16)13-17-14-25-19-11-7-10-18(24)20(17)19/h3-11,14,25H,1,12-13,15H2,2H3,(H,26,28)/t23-/m1/s1. The van der Waals surface area contributed by atoms with Crippen LogP contribution in [0, 0.1) is 0 Å². The molecule has 0 aliphatic heterocycles. The van der Waals surface area contributed by atoms with E-state index in [2.05, 4.69) is 32.8 Å². The second kappa shape index (κ2) is 9.63. The van der Waals surface area contributed by atoms with Gasteiger partial charge in [0.2, 0.25) is 0 Å². The van der Waals surface area contributed by atoms with E-state index in [9.17, 15) is 9.59 Å². The summed E-state index contributed by atoms with van der Waals surface area (Å²) in [6.07, 6.45) is 3.09. The van der Waals surface area contributed by atoms with Crippen molar-refractivity contribution < 1.29 is 19.1 Å². The van der Waals surface area contributed by atoms with Gasteiger partial charge < -0.3 is 19.8 Å². The smallest absolute Gasteiger partial charge is 0.408 e. The van der Waals surface area contributed by atoms with Crippen molar-refractivity contribution in [2.24, 2.45) is 0 Å². The van der Waals surface area contributed by atoms with Crippen LogP contribution < -0.4 is 5.32 Å². The maximum absolute atomic E-state index is 12.8. The predicted octanol–water partition coefficient (Wildman–Crippen LogP) is 4.89. The van der Waals surface area contributed by atoms with Gasteiger partial charge in [-0.2, -0.15) is 0 Å². The summed E-state index contributed by atoms with van der Waals surface area (Å²) in [5, 5.41) is 3.68. The number of ether oxygens (including phenoxy) is 2. The highest BCUT2D eigenvalue weighted by atomic mass is 79.9. The van der Waals surface area contributed by atoms with Crippen molar-refractivity contribution in [2.75, 3.05) is 7.11 Å². The van der Waals surface area contributed by atoms with Gasteiger partial charge in [0.25, 0.3) is 0 Å². The molecule has 1 aromatic heterocycles. The maximum atomic E-state index is 12.8. The number of halogens is 1. The molecule has 156 valence electrons. The number of amides is 1. The average molecular weight is 471 g/mol. The van der Waals surface area contributed by atoms with E-state index in [1.54, 1.807) is 6.08 Å². The van der Waals surface area contributed by atoms with Crippen molar-refractivity contribution >= 4 is 38.9 Å². The Hall–Kier alpha value is -3.06. The highest BCUT2D eigenvalue weighted by molar-refractivity contribution is 9.10. The third-order valence-electron chi connectivity index (χ3n) is 4.85. The number of carbonyl (C=O) groups is 2. The molecule has 2 N–H and O–H groups in total. The number of alkyl carbamates (subject to hydrolysis) is 1. The lowest BCUT2D eigenvalue weighted by Gasteiger charge is -2.30. The summed E-state index contributed by atoms with van der Waals surface area (Å²) in [4.78, 5) is 28.6. The summed E-state index contributed by atoms with van der Waals surface area (Å²) in [5.74, 6) is -0.569. The van der Waals surface area contributed by atoms with E-state index in [-0.39, 0.29) is 19.4 Å². The number of aromatic amines is 1. The van der Waals surface area contributed by atoms with E-state index in [1.165, 1.54) is 7.11 Å². The molecular formula is C23H23BrN2O4. The highest BCUT2D eigenvalue weighted by Gasteiger charge is 2.41. The minimum Gasteiger partial charge on any atom is -0.467 e. The molecule has 0 spiro atoms. The second-order valence-electron chi connectivity index (χ2n) is 6.91. The molecule has 30 heavy (non-hydrogen) atoms. The van der Waals surface area contributed by atoms with Gasteiger partial charge in [-0.3, -0.25) is 0 Å². The molecule has 6 nitrogen and oxygen atoms in total. The van der Waals surface area contributed by atoms with Crippen LogP contribution in [0.3, 0.4) is 0 Å². The molecule has 7 heteroatoms. The topological polar surface area (TPSA) is 80.4 Å². The van der Waals surface area contributed by atoms with Crippen LogP contribution in [0.1, 0.15) is 17.5 Å². The monoisotopic (exact) mass is 470 g/mol. The van der Waals surface area contributed by atoms with Gasteiger partial charge in [0, 0.05) is 28.0 Å². The van der Waals surface area contributed by atoms with Gasteiger partial charge in [0.1, 0.15) is 12.1 Å². The first-order chi connectivity index (χ1) is 14.5. The second-order valence-corrected chi connectivity index (χ2v) is 7.76. The van der Waals surface area contributed by atoms with Crippen LogP contribution in [-0.2, 0) is 27.3 Å².